The molecule has 5 nitrogen and oxygen atoms in total. The molecule has 96 valence electrons. The van der Waals surface area contributed by atoms with Crippen LogP contribution in [0.5, 0.6) is 0 Å². The maximum Gasteiger partial charge on any atom is 0.163 e. The fraction of sp³-hybridized carbons (Fsp3) is 1.00. The normalized spacial score (nSPS) is 44.6. The van der Waals surface area contributed by atoms with E-state index in [2.05, 4.69) is 0 Å². The Balaban J connectivity index is 2.76. The van der Waals surface area contributed by atoms with Crippen LogP contribution in [0.4, 0.5) is 0 Å². The van der Waals surface area contributed by atoms with Crippen molar-refractivity contribution in [2.45, 2.75) is 44.9 Å². The molecule has 0 amide bonds. The van der Waals surface area contributed by atoms with Crippen molar-refractivity contribution in [3.63, 3.8) is 0 Å². The zero-order valence-electron chi connectivity index (χ0n) is 10.3. The maximum atomic E-state index is 10.00. The van der Waals surface area contributed by atoms with Crippen molar-refractivity contribution in [2.24, 2.45) is 5.92 Å². The molecule has 5 atom stereocenters. The van der Waals surface area contributed by atoms with Crippen molar-refractivity contribution >= 4 is 0 Å². The van der Waals surface area contributed by atoms with Crippen LogP contribution in [-0.2, 0) is 14.2 Å². The fourth-order valence-corrected chi connectivity index (χ4v) is 1.94. The van der Waals surface area contributed by atoms with Crippen LogP contribution in [-0.4, -0.2) is 54.6 Å². The van der Waals surface area contributed by atoms with Gasteiger partial charge >= 0.3 is 0 Å². The molecule has 1 aliphatic heterocycles. The van der Waals surface area contributed by atoms with E-state index in [1.165, 1.54) is 7.11 Å². The topological polar surface area (TPSA) is 68.2 Å². The van der Waals surface area contributed by atoms with E-state index in [1.54, 1.807) is 13.8 Å². The standard InChI is InChI=1S/C11H22O5/c1-5-15-6-11(3)9(13)8(12)7(2)10(14-4)16-11/h7-10,12-13H,5-6H2,1-4H3/t7-,8-,9-,10+,11-/m1/s1. The van der Waals surface area contributed by atoms with E-state index in [1.807, 2.05) is 6.92 Å². The first-order chi connectivity index (χ1) is 7.46. The highest BCUT2D eigenvalue weighted by Gasteiger charge is 2.49. The lowest BCUT2D eigenvalue weighted by Gasteiger charge is -2.47. The van der Waals surface area contributed by atoms with Crippen LogP contribution in [0.25, 0.3) is 0 Å². The van der Waals surface area contributed by atoms with Gasteiger partial charge in [0.1, 0.15) is 11.7 Å². The monoisotopic (exact) mass is 234 g/mol. The van der Waals surface area contributed by atoms with Crippen LogP contribution in [0, 0.1) is 5.92 Å². The quantitative estimate of drug-likeness (QED) is 0.724. The molecule has 1 aliphatic rings. The van der Waals surface area contributed by atoms with Gasteiger partial charge in [0.15, 0.2) is 6.29 Å². The number of rotatable bonds is 4. The Hall–Kier alpha value is -0.200. The third-order valence-electron chi connectivity index (χ3n) is 3.13. The van der Waals surface area contributed by atoms with Gasteiger partial charge in [-0.15, -0.1) is 0 Å². The summed E-state index contributed by atoms with van der Waals surface area (Å²) in [6.07, 6.45) is -2.37. The van der Waals surface area contributed by atoms with Gasteiger partial charge in [-0.1, -0.05) is 6.92 Å². The molecule has 2 N–H and O–H groups in total. The van der Waals surface area contributed by atoms with Gasteiger partial charge in [0, 0.05) is 19.6 Å². The number of aliphatic hydroxyl groups is 2. The first-order valence-electron chi connectivity index (χ1n) is 5.60. The highest BCUT2D eigenvalue weighted by atomic mass is 16.7. The van der Waals surface area contributed by atoms with Crippen LogP contribution in [0.2, 0.25) is 0 Å². The molecule has 1 fully saturated rings. The Morgan fingerprint density at radius 2 is 2.00 bits per heavy atom. The van der Waals surface area contributed by atoms with E-state index in [-0.39, 0.29) is 12.5 Å². The third kappa shape index (κ3) is 2.55. The SMILES string of the molecule is CCOC[C@@]1(C)O[C@H](OC)[C@H](C)[C@@H](O)[C@H]1O. The van der Waals surface area contributed by atoms with E-state index < -0.39 is 24.1 Å². The summed E-state index contributed by atoms with van der Waals surface area (Å²) in [7, 11) is 1.52. The minimum Gasteiger partial charge on any atom is -0.390 e. The summed E-state index contributed by atoms with van der Waals surface area (Å²) in [6, 6.07) is 0. The number of hydrogen-bond donors (Lipinski definition) is 2. The smallest absolute Gasteiger partial charge is 0.163 e. The zero-order chi connectivity index (χ0) is 12.3. The van der Waals surface area contributed by atoms with Crippen LogP contribution < -0.4 is 0 Å². The number of ether oxygens (including phenoxy) is 3. The predicted molar refractivity (Wildman–Crippen MR) is 58.0 cm³/mol. The van der Waals surface area contributed by atoms with Crippen molar-refractivity contribution in [3.05, 3.63) is 0 Å². The summed E-state index contributed by atoms with van der Waals surface area (Å²) in [5.41, 5.74) is -0.928. The van der Waals surface area contributed by atoms with Crippen molar-refractivity contribution in [2.75, 3.05) is 20.3 Å². The Morgan fingerprint density at radius 3 is 2.50 bits per heavy atom. The van der Waals surface area contributed by atoms with Crippen LogP contribution >= 0.6 is 0 Å². The molecular formula is C11H22O5. The van der Waals surface area contributed by atoms with Crippen LogP contribution in [0.3, 0.4) is 0 Å². The molecule has 0 spiro atoms. The second-order valence-corrected chi connectivity index (χ2v) is 4.47. The Labute approximate surface area is 96.3 Å². The lowest BCUT2D eigenvalue weighted by atomic mass is 9.85. The average Bonchev–Trinajstić information content (AvgIpc) is 2.29. The summed E-state index contributed by atoms with van der Waals surface area (Å²) in [5.74, 6) is -0.269. The average molecular weight is 234 g/mol. The van der Waals surface area contributed by atoms with E-state index >= 15 is 0 Å². The summed E-state index contributed by atoms with van der Waals surface area (Å²) < 4.78 is 16.1. The lowest BCUT2D eigenvalue weighted by Crippen LogP contribution is -2.62. The molecule has 0 radical (unpaired) electrons. The molecule has 0 unspecified atom stereocenters. The molecule has 0 saturated carbocycles. The maximum absolute atomic E-state index is 10.00. The highest BCUT2D eigenvalue weighted by molar-refractivity contribution is 4.96. The van der Waals surface area contributed by atoms with Gasteiger partial charge in [0.25, 0.3) is 0 Å². The third-order valence-corrected chi connectivity index (χ3v) is 3.13. The molecule has 0 aromatic rings. The first-order valence-corrected chi connectivity index (χ1v) is 5.60. The highest BCUT2D eigenvalue weighted by Crippen LogP contribution is 2.33. The van der Waals surface area contributed by atoms with Crippen LogP contribution in [0.1, 0.15) is 20.8 Å². The van der Waals surface area contributed by atoms with Crippen LogP contribution in [0.15, 0.2) is 0 Å². The summed E-state index contributed by atoms with van der Waals surface area (Å²) in [4.78, 5) is 0. The molecule has 0 aromatic heterocycles. The van der Waals surface area contributed by atoms with Gasteiger partial charge in [-0.3, -0.25) is 0 Å². The summed E-state index contributed by atoms with van der Waals surface area (Å²) >= 11 is 0. The molecule has 16 heavy (non-hydrogen) atoms. The van der Waals surface area contributed by atoms with Gasteiger partial charge in [0.05, 0.1) is 12.7 Å². The van der Waals surface area contributed by atoms with Crippen molar-refractivity contribution < 1.29 is 24.4 Å². The lowest BCUT2D eigenvalue weighted by molar-refractivity contribution is -0.315. The second-order valence-electron chi connectivity index (χ2n) is 4.47. The fourth-order valence-electron chi connectivity index (χ4n) is 1.94. The summed E-state index contributed by atoms with van der Waals surface area (Å²) in [5, 5.41) is 19.9. The van der Waals surface area contributed by atoms with E-state index in [9.17, 15) is 10.2 Å². The Bertz CT molecular complexity index is 220. The van der Waals surface area contributed by atoms with Crippen molar-refractivity contribution in [3.8, 4) is 0 Å². The zero-order valence-corrected chi connectivity index (χ0v) is 10.3. The molecule has 1 rings (SSSR count). The molecule has 0 aliphatic carbocycles. The molecule has 5 heteroatoms. The van der Waals surface area contributed by atoms with Crippen molar-refractivity contribution in [1.29, 1.82) is 0 Å². The van der Waals surface area contributed by atoms with Gasteiger partial charge in [-0.05, 0) is 13.8 Å². The number of aliphatic hydroxyl groups excluding tert-OH is 2. The largest absolute Gasteiger partial charge is 0.390 e. The van der Waals surface area contributed by atoms with E-state index in [0.29, 0.717) is 6.61 Å². The van der Waals surface area contributed by atoms with Crippen molar-refractivity contribution in [1.82, 2.24) is 0 Å². The van der Waals surface area contributed by atoms with Gasteiger partial charge < -0.3 is 24.4 Å². The second kappa shape index (κ2) is 5.42. The Morgan fingerprint density at radius 1 is 1.38 bits per heavy atom. The molecular weight excluding hydrogens is 212 g/mol. The molecule has 1 heterocycles. The van der Waals surface area contributed by atoms with E-state index in [4.69, 9.17) is 14.2 Å². The Kier molecular flexibility index (Phi) is 4.70. The van der Waals surface area contributed by atoms with Gasteiger partial charge in [0.2, 0.25) is 0 Å². The summed E-state index contributed by atoms with van der Waals surface area (Å²) in [6.45, 7) is 6.13. The van der Waals surface area contributed by atoms with Gasteiger partial charge in [-0.25, -0.2) is 0 Å². The van der Waals surface area contributed by atoms with Gasteiger partial charge in [-0.2, -0.15) is 0 Å². The van der Waals surface area contributed by atoms with E-state index in [0.717, 1.165) is 0 Å². The first kappa shape index (κ1) is 13.9. The minimum atomic E-state index is -0.972. The number of methoxy groups -OCH3 is 1. The number of hydrogen-bond acceptors (Lipinski definition) is 5. The molecule has 1 saturated heterocycles. The molecule has 0 aromatic carbocycles. The predicted octanol–water partition coefficient (Wildman–Crippen LogP) is 0.142. The minimum absolute atomic E-state index is 0.230. The molecule has 0 bridgehead atoms.